The second kappa shape index (κ2) is 5.52. The van der Waals surface area contributed by atoms with Crippen LogP contribution in [0, 0.1) is 0 Å². The molecular formula is C21H15ClS. The summed E-state index contributed by atoms with van der Waals surface area (Å²) in [5, 5.41) is 7.04. The third-order valence-corrected chi connectivity index (χ3v) is 5.65. The first-order valence-electron chi connectivity index (χ1n) is 7.56. The molecule has 0 nitrogen and oxygen atoms in total. The number of benzene rings is 3. The summed E-state index contributed by atoms with van der Waals surface area (Å²) >= 11 is 8.08. The van der Waals surface area contributed by atoms with Crippen LogP contribution in [0.1, 0.15) is 17.4 Å². The van der Waals surface area contributed by atoms with Crippen LogP contribution in [0.15, 0.2) is 55.1 Å². The Kier molecular flexibility index (Phi) is 3.48. The number of hydrogen-bond donors (Lipinski definition) is 0. The Morgan fingerprint density at radius 1 is 1.00 bits per heavy atom. The van der Waals surface area contributed by atoms with Crippen molar-refractivity contribution in [3.63, 3.8) is 0 Å². The minimum Gasteiger partial charge on any atom is -0.135 e. The Balaban J connectivity index is 2.36. The van der Waals surface area contributed by atoms with Gasteiger partial charge in [0.05, 0.1) is 0 Å². The second-order valence-corrected chi connectivity index (χ2v) is 7.01. The van der Waals surface area contributed by atoms with Crippen molar-refractivity contribution in [2.75, 3.05) is 0 Å². The van der Waals surface area contributed by atoms with Crippen LogP contribution in [0.4, 0.5) is 0 Å². The van der Waals surface area contributed by atoms with Crippen LogP contribution in [0.5, 0.6) is 0 Å². The van der Waals surface area contributed by atoms with Gasteiger partial charge in [-0.25, -0.2) is 0 Å². The molecule has 1 aromatic heterocycles. The Morgan fingerprint density at radius 2 is 1.78 bits per heavy atom. The number of thiophene rings is 1. The van der Waals surface area contributed by atoms with E-state index in [1.54, 1.807) is 0 Å². The Morgan fingerprint density at radius 3 is 2.52 bits per heavy atom. The van der Waals surface area contributed by atoms with Crippen LogP contribution >= 0.6 is 22.9 Å². The molecule has 4 rings (SSSR count). The van der Waals surface area contributed by atoms with Crippen LogP contribution in [0.3, 0.4) is 0 Å². The smallest absolute Gasteiger partial charge is 0.0440 e. The van der Waals surface area contributed by atoms with E-state index in [-0.39, 0.29) is 0 Å². The number of halogens is 1. The second-order valence-electron chi connectivity index (χ2n) is 5.52. The molecule has 23 heavy (non-hydrogen) atoms. The molecule has 112 valence electrons. The van der Waals surface area contributed by atoms with Gasteiger partial charge in [-0.15, -0.1) is 11.3 Å². The lowest BCUT2D eigenvalue weighted by molar-refractivity contribution is 1.77. The fourth-order valence-corrected chi connectivity index (χ4v) is 4.77. The maximum absolute atomic E-state index is 6.26. The molecule has 0 radical (unpaired) electrons. The van der Waals surface area contributed by atoms with Crippen LogP contribution in [-0.4, -0.2) is 0 Å². The topological polar surface area (TPSA) is 0 Å². The standard InChI is InChI=1S/C21H15ClS/c1-3-7-19-14(4-2)20-16-9-6-5-8-15(16)18-12-13(22)10-11-17(18)21(20)23-19/h3-12H,2H2,1H3/b7-3-. The molecular weight excluding hydrogens is 320 g/mol. The highest BCUT2D eigenvalue weighted by molar-refractivity contribution is 7.21. The molecule has 0 saturated carbocycles. The van der Waals surface area contributed by atoms with Gasteiger partial charge in [-0.3, -0.25) is 0 Å². The van der Waals surface area contributed by atoms with E-state index in [4.69, 9.17) is 11.6 Å². The third kappa shape index (κ3) is 2.12. The zero-order chi connectivity index (χ0) is 16.0. The summed E-state index contributed by atoms with van der Waals surface area (Å²) in [5.41, 5.74) is 1.22. The number of fused-ring (bicyclic) bond motifs is 6. The zero-order valence-corrected chi connectivity index (χ0v) is 14.3. The normalized spacial score (nSPS) is 11.9. The fraction of sp³-hybridized carbons (Fsp3) is 0.0476. The van der Waals surface area contributed by atoms with Crippen molar-refractivity contribution >= 4 is 66.7 Å². The summed E-state index contributed by atoms with van der Waals surface area (Å²) in [5.74, 6) is 0. The molecule has 0 aliphatic heterocycles. The number of hydrogen-bond acceptors (Lipinski definition) is 1. The van der Waals surface area contributed by atoms with Crippen LogP contribution in [0.2, 0.25) is 5.02 Å². The lowest BCUT2D eigenvalue weighted by Crippen LogP contribution is -1.81. The summed E-state index contributed by atoms with van der Waals surface area (Å²) in [6, 6.07) is 14.7. The van der Waals surface area contributed by atoms with Gasteiger partial charge in [-0.05, 0) is 41.3 Å². The summed E-state index contributed by atoms with van der Waals surface area (Å²) in [6.45, 7) is 6.10. The highest BCUT2D eigenvalue weighted by Crippen LogP contribution is 2.43. The minimum absolute atomic E-state index is 0.774. The van der Waals surface area contributed by atoms with Gasteiger partial charge in [-0.1, -0.05) is 60.7 Å². The molecule has 0 aliphatic rings. The average Bonchev–Trinajstić information content (AvgIpc) is 2.94. The van der Waals surface area contributed by atoms with E-state index in [1.807, 2.05) is 30.4 Å². The van der Waals surface area contributed by atoms with E-state index in [9.17, 15) is 0 Å². The van der Waals surface area contributed by atoms with Gasteiger partial charge >= 0.3 is 0 Å². The van der Waals surface area contributed by atoms with Crippen molar-refractivity contribution in [2.24, 2.45) is 0 Å². The van der Waals surface area contributed by atoms with Crippen LogP contribution in [-0.2, 0) is 0 Å². The van der Waals surface area contributed by atoms with E-state index < -0.39 is 0 Å². The molecule has 2 heteroatoms. The van der Waals surface area contributed by atoms with E-state index in [2.05, 4.69) is 55.1 Å². The summed E-state index contributed by atoms with van der Waals surface area (Å²) < 4.78 is 1.30. The third-order valence-electron chi connectivity index (χ3n) is 4.21. The molecule has 0 amide bonds. The van der Waals surface area contributed by atoms with E-state index in [1.165, 1.54) is 42.1 Å². The first kappa shape index (κ1) is 14.5. The maximum atomic E-state index is 6.26. The quantitative estimate of drug-likeness (QED) is 0.332. The van der Waals surface area contributed by atoms with Crippen LogP contribution in [0.25, 0.3) is 43.8 Å². The molecule has 4 aromatic rings. The first-order valence-corrected chi connectivity index (χ1v) is 8.75. The monoisotopic (exact) mass is 334 g/mol. The summed E-state index contributed by atoms with van der Waals surface area (Å²) in [7, 11) is 0. The van der Waals surface area contributed by atoms with E-state index in [0.717, 1.165) is 5.02 Å². The molecule has 0 unspecified atom stereocenters. The molecule has 0 N–H and O–H groups in total. The molecule has 0 bridgehead atoms. The fourth-order valence-electron chi connectivity index (χ4n) is 3.27. The van der Waals surface area contributed by atoms with Crippen LogP contribution < -0.4 is 0 Å². The van der Waals surface area contributed by atoms with Crippen molar-refractivity contribution in [1.82, 2.24) is 0 Å². The van der Waals surface area contributed by atoms with Gasteiger partial charge in [0.25, 0.3) is 0 Å². The Hall–Kier alpha value is -2.09. The van der Waals surface area contributed by atoms with Crippen molar-refractivity contribution < 1.29 is 0 Å². The number of allylic oxidation sites excluding steroid dienone is 1. The predicted molar refractivity (Wildman–Crippen MR) is 107 cm³/mol. The largest absolute Gasteiger partial charge is 0.135 e. The molecule has 3 aromatic carbocycles. The van der Waals surface area contributed by atoms with Gasteiger partial charge in [-0.2, -0.15) is 0 Å². The lowest BCUT2D eigenvalue weighted by Gasteiger charge is -2.08. The van der Waals surface area contributed by atoms with Crippen molar-refractivity contribution in [3.8, 4) is 0 Å². The van der Waals surface area contributed by atoms with Crippen molar-refractivity contribution in [1.29, 1.82) is 0 Å². The molecule has 0 saturated heterocycles. The summed E-state index contributed by atoms with van der Waals surface area (Å²) in [6.07, 6.45) is 6.22. The summed E-state index contributed by atoms with van der Waals surface area (Å²) in [4.78, 5) is 1.25. The molecule has 1 heterocycles. The van der Waals surface area contributed by atoms with E-state index >= 15 is 0 Å². The predicted octanol–water partition coefficient (Wildman–Crippen LogP) is 7.54. The zero-order valence-electron chi connectivity index (χ0n) is 12.8. The maximum Gasteiger partial charge on any atom is 0.0440 e. The highest BCUT2D eigenvalue weighted by atomic mass is 35.5. The van der Waals surface area contributed by atoms with E-state index in [0.29, 0.717) is 0 Å². The molecule has 0 aliphatic carbocycles. The molecule has 0 spiro atoms. The SMILES string of the molecule is C=Cc1c(/C=C\C)sc2c3ccc(Cl)cc3c3ccccc3c12. The van der Waals surface area contributed by atoms with Crippen molar-refractivity contribution in [2.45, 2.75) is 6.92 Å². The lowest BCUT2D eigenvalue weighted by atomic mass is 9.96. The molecule has 0 atom stereocenters. The minimum atomic E-state index is 0.774. The number of rotatable bonds is 2. The Labute approximate surface area is 144 Å². The Bertz CT molecular complexity index is 1100. The van der Waals surface area contributed by atoms with Gasteiger partial charge in [0.2, 0.25) is 0 Å². The van der Waals surface area contributed by atoms with Gasteiger partial charge in [0, 0.05) is 30.9 Å². The highest BCUT2D eigenvalue weighted by Gasteiger charge is 2.15. The molecule has 0 fully saturated rings. The van der Waals surface area contributed by atoms with Gasteiger partial charge < -0.3 is 0 Å². The van der Waals surface area contributed by atoms with Gasteiger partial charge in [0.1, 0.15) is 0 Å². The first-order chi connectivity index (χ1) is 11.2. The van der Waals surface area contributed by atoms with Gasteiger partial charge in [0.15, 0.2) is 0 Å². The van der Waals surface area contributed by atoms with Crippen molar-refractivity contribution in [3.05, 3.63) is 70.6 Å². The average molecular weight is 335 g/mol.